The number of piperidine rings is 1. The van der Waals surface area contributed by atoms with Crippen molar-refractivity contribution in [1.29, 1.82) is 0 Å². The molecule has 96 valence electrons. The summed E-state index contributed by atoms with van der Waals surface area (Å²) in [6, 6.07) is 7.04. The lowest BCUT2D eigenvalue weighted by atomic mass is 9.97. The topological polar surface area (TPSA) is 49.4 Å². The van der Waals surface area contributed by atoms with Crippen LogP contribution in [0.15, 0.2) is 24.3 Å². The highest BCUT2D eigenvalue weighted by Gasteiger charge is 2.28. The molecule has 1 fully saturated rings. The summed E-state index contributed by atoms with van der Waals surface area (Å²) in [6.45, 7) is 0.477. The van der Waals surface area contributed by atoms with Gasteiger partial charge in [-0.15, -0.1) is 0 Å². The maximum atomic E-state index is 12.0. The Bertz CT molecular complexity index is 476. The predicted octanol–water partition coefficient (Wildman–Crippen LogP) is 2.15. The van der Waals surface area contributed by atoms with Crippen molar-refractivity contribution in [3.05, 3.63) is 29.3 Å². The van der Waals surface area contributed by atoms with Crippen molar-refractivity contribution in [2.45, 2.75) is 12.8 Å². The molecule has 0 bridgehead atoms. The molecule has 0 saturated carbocycles. The summed E-state index contributed by atoms with van der Waals surface area (Å²) in [6.07, 6.45) is 1.04. The lowest BCUT2D eigenvalue weighted by Crippen LogP contribution is -2.41. The quantitative estimate of drug-likeness (QED) is 0.892. The number of carbonyl (C=O) groups excluding carboxylic acids is 2. The highest BCUT2D eigenvalue weighted by atomic mass is 35.5. The lowest BCUT2D eigenvalue weighted by molar-refractivity contribution is -0.135. The third-order valence-electron chi connectivity index (χ3n) is 3.09. The van der Waals surface area contributed by atoms with E-state index < -0.39 is 0 Å². The Hall–Kier alpha value is -1.55. The molecule has 1 N–H and O–H groups in total. The Balaban J connectivity index is 1.98. The molecular weight excluding hydrogens is 252 g/mol. The van der Waals surface area contributed by atoms with Crippen LogP contribution in [0.5, 0.6) is 0 Å². The Morgan fingerprint density at radius 3 is 2.94 bits per heavy atom. The van der Waals surface area contributed by atoms with Crippen molar-refractivity contribution in [2.24, 2.45) is 5.92 Å². The third-order valence-corrected chi connectivity index (χ3v) is 3.32. The zero-order valence-electron chi connectivity index (χ0n) is 10.1. The molecule has 2 amide bonds. The van der Waals surface area contributed by atoms with E-state index in [2.05, 4.69) is 5.32 Å². The number of nitrogens with zero attached hydrogens (tertiary/aromatic N) is 1. The van der Waals surface area contributed by atoms with E-state index in [4.69, 9.17) is 11.6 Å². The number of carbonyl (C=O) groups is 2. The molecular formula is C13H15ClN2O2. The SMILES string of the molecule is CN1CC(C(=O)Nc2cccc(Cl)c2)CCC1=O. The van der Waals surface area contributed by atoms with E-state index in [1.807, 2.05) is 0 Å². The zero-order chi connectivity index (χ0) is 13.1. The van der Waals surface area contributed by atoms with Crippen LogP contribution in [0, 0.1) is 5.92 Å². The minimum Gasteiger partial charge on any atom is -0.345 e. The molecule has 0 spiro atoms. The summed E-state index contributed by atoms with van der Waals surface area (Å²) >= 11 is 5.85. The molecule has 18 heavy (non-hydrogen) atoms. The van der Waals surface area contributed by atoms with E-state index in [0.29, 0.717) is 30.1 Å². The van der Waals surface area contributed by atoms with Crippen LogP contribution in [0.3, 0.4) is 0 Å². The number of rotatable bonds is 2. The highest BCUT2D eigenvalue weighted by molar-refractivity contribution is 6.30. The van der Waals surface area contributed by atoms with E-state index >= 15 is 0 Å². The second-order valence-corrected chi connectivity index (χ2v) is 4.95. The third kappa shape index (κ3) is 3.01. The number of likely N-dealkylation sites (tertiary alicyclic amines) is 1. The number of amides is 2. The molecule has 1 unspecified atom stereocenters. The van der Waals surface area contributed by atoms with Gasteiger partial charge < -0.3 is 10.2 Å². The maximum Gasteiger partial charge on any atom is 0.229 e. The van der Waals surface area contributed by atoms with Gasteiger partial charge in [-0.2, -0.15) is 0 Å². The van der Waals surface area contributed by atoms with Crippen molar-refractivity contribution >= 4 is 29.1 Å². The van der Waals surface area contributed by atoms with Gasteiger partial charge in [0.15, 0.2) is 0 Å². The van der Waals surface area contributed by atoms with E-state index in [1.54, 1.807) is 36.2 Å². The molecule has 4 nitrogen and oxygen atoms in total. The van der Waals surface area contributed by atoms with Gasteiger partial charge in [0, 0.05) is 30.7 Å². The average Bonchev–Trinajstić information content (AvgIpc) is 2.32. The van der Waals surface area contributed by atoms with Crippen molar-refractivity contribution in [3.8, 4) is 0 Å². The van der Waals surface area contributed by atoms with Crippen LogP contribution >= 0.6 is 11.6 Å². The number of hydrogen-bond donors (Lipinski definition) is 1. The van der Waals surface area contributed by atoms with Crippen molar-refractivity contribution in [3.63, 3.8) is 0 Å². The van der Waals surface area contributed by atoms with Gasteiger partial charge in [0.25, 0.3) is 0 Å². The Morgan fingerprint density at radius 2 is 2.28 bits per heavy atom. The van der Waals surface area contributed by atoms with E-state index in [-0.39, 0.29) is 17.7 Å². The predicted molar refractivity (Wildman–Crippen MR) is 70.4 cm³/mol. The molecule has 1 aliphatic heterocycles. The van der Waals surface area contributed by atoms with Crippen LogP contribution in [-0.2, 0) is 9.59 Å². The first-order valence-corrected chi connectivity index (χ1v) is 6.24. The first-order chi connectivity index (χ1) is 8.56. The van der Waals surface area contributed by atoms with Crippen LogP contribution in [0.1, 0.15) is 12.8 Å². The van der Waals surface area contributed by atoms with Gasteiger partial charge in [-0.25, -0.2) is 0 Å². The molecule has 0 aliphatic carbocycles. The summed E-state index contributed by atoms with van der Waals surface area (Å²) in [5.41, 5.74) is 0.687. The number of benzene rings is 1. The number of halogens is 1. The van der Waals surface area contributed by atoms with Gasteiger partial charge in [-0.3, -0.25) is 9.59 Å². The summed E-state index contributed by atoms with van der Waals surface area (Å²) in [5.74, 6) is -0.106. The smallest absolute Gasteiger partial charge is 0.229 e. The van der Waals surface area contributed by atoms with E-state index in [1.165, 1.54) is 0 Å². The summed E-state index contributed by atoms with van der Waals surface area (Å²) < 4.78 is 0. The van der Waals surface area contributed by atoms with Crippen LogP contribution in [-0.4, -0.2) is 30.3 Å². The maximum absolute atomic E-state index is 12.0. The van der Waals surface area contributed by atoms with Gasteiger partial charge in [0.05, 0.1) is 5.92 Å². The van der Waals surface area contributed by atoms with Gasteiger partial charge in [0.1, 0.15) is 0 Å². The van der Waals surface area contributed by atoms with Crippen molar-refractivity contribution in [2.75, 3.05) is 18.9 Å². The second kappa shape index (κ2) is 5.40. The van der Waals surface area contributed by atoms with Gasteiger partial charge in [-0.1, -0.05) is 17.7 Å². The summed E-state index contributed by atoms with van der Waals surface area (Å²) in [7, 11) is 1.72. The second-order valence-electron chi connectivity index (χ2n) is 4.51. The number of hydrogen-bond acceptors (Lipinski definition) is 2. The summed E-state index contributed by atoms with van der Waals surface area (Å²) in [5, 5.41) is 3.41. The molecule has 1 aromatic rings. The van der Waals surface area contributed by atoms with Gasteiger partial charge in [0.2, 0.25) is 11.8 Å². The standard InChI is InChI=1S/C13H15ClN2O2/c1-16-8-9(5-6-12(16)17)13(18)15-11-4-2-3-10(14)7-11/h2-4,7,9H,5-6,8H2,1H3,(H,15,18). The molecule has 1 aliphatic rings. The molecule has 2 rings (SSSR count). The highest BCUT2D eigenvalue weighted by Crippen LogP contribution is 2.20. The van der Waals surface area contributed by atoms with E-state index in [9.17, 15) is 9.59 Å². The molecule has 0 radical (unpaired) electrons. The molecule has 0 aromatic heterocycles. The van der Waals surface area contributed by atoms with Gasteiger partial charge in [-0.05, 0) is 24.6 Å². The van der Waals surface area contributed by atoms with Crippen molar-refractivity contribution < 1.29 is 9.59 Å². The molecule has 5 heteroatoms. The fourth-order valence-electron chi connectivity index (χ4n) is 2.04. The molecule has 1 saturated heterocycles. The minimum atomic E-state index is -0.147. The molecule has 1 heterocycles. The van der Waals surface area contributed by atoms with Crippen molar-refractivity contribution in [1.82, 2.24) is 4.90 Å². The monoisotopic (exact) mass is 266 g/mol. The normalized spacial score (nSPS) is 19.8. The first kappa shape index (κ1) is 12.9. The van der Waals surface area contributed by atoms with Crippen LogP contribution < -0.4 is 5.32 Å². The van der Waals surface area contributed by atoms with Crippen LogP contribution in [0.25, 0.3) is 0 Å². The Labute approximate surface area is 111 Å². The number of nitrogens with one attached hydrogen (secondary N) is 1. The number of anilines is 1. The van der Waals surface area contributed by atoms with E-state index in [0.717, 1.165) is 0 Å². The lowest BCUT2D eigenvalue weighted by Gasteiger charge is -2.28. The largest absolute Gasteiger partial charge is 0.345 e. The summed E-state index contributed by atoms with van der Waals surface area (Å²) in [4.78, 5) is 25.0. The fourth-order valence-corrected chi connectivity index (χ4v) is 2.23. The fraction of sp³-hybridized carbons (Fsp3) is 0.385. The Morgan fingerprint density at radius 1 is 1.50 bits per heavy atom. The minimum absolute atomic E-state index is 0.0587. The molecule has 1 aromatic carbocycles. The Kier molecular flexibility index (Phi) is 3.87. The first-order valence-electron chi connectivity index (χ1n) is 5.86. The van der Waals surface area contributed by atoms with Gasteiger partial charge >= 0.3 is 0 Å². The zero-order valence-corrected chi connectivity index (χ0v) is 10.9. The van der Waals surface area contributed by atoms with Crippen LogP contribution in [0.4, 0.5) is 5.69 Å². The average molecular weight is 267 g/mol. The van der Waals surface area contributed by atoms with Crippen LogP contribution in [0.2, 0.25) is 5.02 Å². The molecule has 1 atom stereocenters.